The zero-order valence-electron chi connectivity index (χ0n) is 13.9. The van der Waals surface area contributed by atoms with E-state index in [4.69, 9.17) is 9.47 Å². The van der Waals surface area contributed by atoms with Gasteiger partial charge in [0.25, 0.3) is 5.91 Å². The number of benzene rings is 2. The van der Waals surface area contributed by atoms with Gasteiger partial charge in [-0.1, -0.05) is 0 Å². The van der Waals surface area contributed by atoms with Crippen molar-refractivity contribution in [2.75, 3.05) is 19.5 Å². The van der Waals surface area contributed by atoms with Gasteiger partial charge in [-0.25, -0.2) is 9.37 Å². The molecule has 1 aromatic heterocycles. The molecule has 3 rings (SSSR count). The van der Waals surface area contributed by atoms with Crippen molar-refractivity contribution >= 4 is 38.3 Å². The number of rotatable bonds is 5. The number of anilines is 1. The highest BCUT2D eigenvalue weighted by molar-refractivity contribution is 9.10. The van der Waals surface area contributed by atoms with Crippen LogP contribution in [0.15, 0.2) is 46.3 Å². The molecule has 26 heavy (non-hydrogen) atoms. The number of hydrogen-bond acceptors (Lipinski definition) is 5. The summed E-state index contributed by atoms with van der Waals surface area (Å²) < 4.78 is 24.4. The number of carbonyl (C=O) groups excluding carboxylic acids is 1. The third kappa shape index (κ3) is 3.86. The molecule has 1 heterocycles. The van der Waals surface area contributed by atoms with Gasteiger partial charge in [0.05, 0.1) is 25.5 Å². The molecule has 0 aliphatic rings. The summed E-state index contributed by atoms with van der Waals surface area (Å²) in [7, 11) is 3.13. The van der Waals surface area contributed by atoms with Crippen molar-refractivity contribution in [3.8, 4) is 22.8 Å². The molecule has 0 aliphatic carbocycles. The van der Waals surface area contributed by atoms with Gasteiger partial charge in [0, 0.05) is 15.4 Å². The number of nitrogens with one attached hydrogen (secondary N) is 1. The molecule has 0 atom stereocenters. The lowest BCUT2D eigenvalue weighted by Crippen LogP contribution is -2.12. The van der Waals surface area contributed by atoms with E-state index in [2.05, 4.69) is 26.2 Å². The van der Waals surface area contributed by atoms with Crippen molar-refractivity contribution in [1.29, 1.82) is 0 Å². The van der Waals surface area contributed by atoms with Crippen LogP contribution >= 0.6 is 27.3 Å². The molecular formula is C18H14BrFN2O3S. The Labute approximate surface area is 161 Å². The number of thiazole rings is 1. The van der Waals surface area contributed by atoms with Gasteiger partial charge in [0.1, 0.15) is 5.82 Å². The highest BCUT2D eigenvalue weighted by atomic mass is 79.9. The van der Waals surface area contributed by atoms with E-state index < -0.39 is 11.7 Å². The van der Waals surface area contributed by atoms with Crippen LogP contribution < -0.4 is 14.8 Å². The summed E-state index contributed by atoms with van der Waals surface area (Å²) in [5.74, 6) is 0.288. The predicted octanol–water partition coefficient (Wildman–Crippen LogP) is 4.98. The molecule has 5 nitrogen and oxygen atoms in total. The number of methoxy groups -OCH3 is 2. The first kappa shape index (κ1) is 18.3. The van der Waals surface area contributed by atoms with Crippen molar-refractivity contribution in [2.45, 2.75) is 0 Å². The average Bonchev–Trinajstić information content (AvgIpc) is 3.11. The van der Waals surface area contributed by atoms with E-state index in [1.807, 2.05) is 17.5 Å². The third-order valence-electron chi connectivity index (χ3n) is 3.58. The van der Waals surface area contributed by atoms with Crippen LogP contribution in [0.2, 0.25) is 0 Å². The molecule has 0 unspecified atom stereocenters. The summed E-state index contributed by atoms with van der Waals surface area (Å²) in [6.07, 6.45) is 0. The lowest BCUT2D eigenvalue weighted by Gasteiger charge is -2.08. The Hall–Kier alpha value is -2.45. The maximum absolute atomic E-state index is 13.4. The number of amides is 1. The zero-order chi connectivity index (χ0) is 18.7. The minimum atomic E-state index is -0.483. The Balaban J connectivity index is 1.82. The van der Waals surface area contributed by atoms with Gasteiger partial charge in [-0.2, -0.15) is 0 Å². The predicted molar refractivity (Wildman–Crippen MR) is 103 cm³/mol. The van der Waals surface area contributed by atoms with Crippen LogP contribution in [-0.2, 0) is 0 Å². The Bertz CT molecular complexity index is 961. The molecule has 0 spiro atoms. The van der Waals surface area contributed by atoms with E-state index in [0.717, 1.165) is 5.56 Å². The third-order valence-corrected chi connectivity index (χ3v) is 5.03. The highest BCUT2D eigenvalue weighted by Gasteiger charge is 2.14. The fraction of sp³-hybridized carbons (Fsp3) is 0.111. The van der Waals surface area contributed by atoms with Crippen molar-refractivity contribution in [2.24, 2.45) is 0 Å². The van der Waals surface area contributed by atoms with Crippen LogP contribution in [0.4, 0.5) is 9.52 Å². The highest BCUT2D eigenvalue weighted by Crippen LogP contribution is 2.33. The molecule has 8 heteroatoms. The molecule has 0 bridgehead atoms. The van der Waals surface area contributed by atoms with Crippen LogP contribution in [0, 0.1) is 5.82 Å². The topological polar surface area (TPSA) is 60.5 Å². The molecule has 0 radical (unpaired) electrons. The van der Waals surface area contributed by atoms with Gasteiger partial charge in [-0.05, 0) is 52.3 Å². The second kappa shape index (κ2) is 7.84. The molecule has 2 aromatic carbocycles. The fourth-order valence-corrected chi connectivity index (χ4v) is 3.44. The van der Waals surface area contributed by atoms with Crippen molar-refractivity contribution in [3.63, 3.8) is 0 Å². The normalized spacial score (nSPS) is 10.5. The number of ether oxygens (including phenoxy) is 2. The van der Waals surface area contributed by atoms with Crippen LogP contribution in [-0.4, -0.2) is 25.1 Å². The van der Waals surface area contributed by atoms with E-state index in [1.165, 1.54) is 29.5 Å². The van der Waals surface area contributed by atoms with E-state index in [9.17, 15) is 9.18 Å². The van der Waals surface area contributed by atoms with Gasteiger partial charge in [0.15, 0.2) is 16.6 Å². The molecular weight excluding hydrogens is 423 g/mol. The smallest absolute Gasteiger partial charge is 0.258 e. The standard InChI is InChI=1S/C18H14BrFN2O3S/c1-24-15-6-3-10(7-16(15)25-2)14-9-26-18(21-14)22-17(23)12-8-11(20)4-5-13(12)19/h3-9H,1-2H3,(H,21,22,23). The van der Waals surface area contributed by atoms with Crippen molar-refractivity contribution in [3.05, 3.63) is 57.6 Å². The monoisotopic (exact) mass is 436 g/mol. The first-order valence-electron chi connectivity index (χ1n) is 7.46. The number of hydrogen-bond donors (Lipinski definition) is 1. The minimum absolute atomic E-state index is 0.202. The number of halogens is 2. The summed E-state index contributed by atoms with van der Waals surface area (Å²) in [6.45, 7) is 0. The summed E-state index contributed by atoms with van der Waals surface area (Å²) in [4.78, 5) is 16.7. The van der Waals surface area contributed by atoms with Gasteiger partial charge < -0.3 is 9.47 Å². The van der Waals surface area contributed by atoms with Crippen LogP contribution in [0.5, 0.6) is 11.5 Å². The zero-order valence-corrected chi connectivity index (χ0v) is 16.3. The first-order chi connectivity index (χ1) is 12.5. The Morgan fingerprint density at radius 3 is 2.65 bits per heavy atom. The van der Waals surface area contributed by atoms with Gasteiger partial charge in [-0.15, -0.1) is 11.3 Å². The van der Waals surface area contributed by atoms with Gasteiger partial charge in [0.2, 0.25) is 0 Å². The lowest BCUT2D eigenvalue weighted by atomic mass is 10.1. The second-order valence-corrected chi connectivity index (χ2v) is 6.90. The van der Waals surface area contributed by atoms with E-state index in [-0.39, 0.29) is 5.56 Å². The number of nitrogens with zero attached hydrogens (tertiary/aromatic N) is 1. The van der Waals surface area contributed by atoms with E-state index in [1.54, 1.807) is 20.3 Å². The molecule has 3 aromatic rings. The number of carbonyl (C=O) groups is 1. The molecule has 0 saturated carbocycles. The molecule has 134 valence electrons. The first-order valence-corrected chi connectivity index (χ1v) is 9.13. The van der Waals surface area contributed by atoms with E-state index in [0.29, 0.717) is 26.8 Å². The average molecular weight is 437 g/mol. The summed E-state index contributed by atoms with van der Waals surface area (Å²) in [6, 6.07) is 9.38. The maximum atomic E-state index is 13.4. The van der Waals surface area contributed by atoms with Gasteiger partial charge >= 0.3 is 0 Å². The lowest BCUT2D eigenvalue weighted by molar-refractivity contribution is 0.102. The molecule has 0 aliphatic heterocycles. The second-order valence-electron chi connectivity index (χ2n) is 5.19. The Morgan fingerprint density at radius 2 is 1.92 bits per heavy atom. The van der Waals surface area contributed by atoms with Gasteiger partial charge in [-0.3, -0.25) is 10.1 Å². The Morgan fingerprint density at radius 1 is 1.15 bits per heavy atom. The molecule has 1 N–H and O–H groups in total. The number of aromatic nitrogens is 1. The largest absolute Gasteiger partial charge is 0.493 e. The Kier molecular flexibility index (Phi) is 5.53. The summed E-state index contributed by atoms with van der Waals surface area (Å²) >= 11 is 4.52. The molecule has 0 fully saturated rings. The minimum Gasteiger partial charge on any atom is -0.493 e. The summed E-state index contributed by atoms with van der Waals surface area (Å²) in [5, 5.41) is 4.91. The quantitative estimate of drug-likeness (QED) is 0.612. The maximum Gasteiger partial charge on any atom is 0.258 e. The molecule has 0 saturated heterocycles. The fourth-order valence-electron chi connectivity index (χ4n) is 2.30. The van der Waals surface area contributed by atoms with Crippen molar-refractivity contribution < 1.29 is 18.7 Å². The van der Waals surface area contributed by atoms with Crippen LogP contribution in [0.1, 0.15) is 10.4 Å². The van der Waals surface area contributed by atoms with Crippen molar-refractivity contribution in [1.82, 2.24) is 4.98 Å². The van der Waals surface area contributed by atoms with E-state index >= 15 is 0 Å². The SMILES string of the molecule is COc1ccc(-c2csc(NC(=O)c3cc(F)ccc3Br)n2)cc1OC. The van der Waals surface area contributed by atoms with Crippen LogP contribution in [0.25, 0.3) is 11.3 Å². The summed E-state index contributed by atoms with van der Waals surface area (Å²) in [5.41, 5.74) is 1.71. The van der Waals surface area contributed by atoms with Crippen LogP contribution in [0.3, 0.4) is 0 Å². The molecule has 1 amide bonds.